The van der Waals surface area contributed by atoms with Gasteiger partial charge in [0.05, 0.1) is 23.6 Å². The quantitative estimate of drug-likeness (QED) is 0.857. The van der Waals surface area contributed by atoms with Crippen LogP contribution >= 0.6 is 12.4 Å². The Morgan fingerprint density at radius 1 is 1.16 bits per heavy atom. The summed E-state index contributed by atoms with van der Waals surface area (Å²) in [4.78, 5) is 4.49. The molecule has 138 valence electrons. The van der Waals surface area contributed by atoms with E-state index in [0.717, 1.165) is 25.7 Å². The van der Waals surface area contributed by atoms with Crippen LogP contribution in [0.2, 0.25) is 0 Å². The lowest BCUT2D eigenvalue weighted by atomic mass is 9.98. The second kappa shape index (κ2) is 8.08. The van der Waals surface area contributed by atoms with E-state index >= 15 is 0 Å². The number of benzene rings is 1. The molecule has 0 spiro atoms. The van der Waals surface area contributed by atoms with Crippen LogP contribution in [0.1, 0.15) is 38.5 Å². The summed E-state index contributed by atoms with van der Waals surface area (Å²) < 4.78 is 39.4. The van der Waals surface area contributed by atoms with Crippen LogP contribution in [-0.4, -0.2) is 29.8 Å². The molecule has 1 aromatic carbocycles. The van der Waals surface area contributed by atoms with E-state index in [2.05, 4.69) is 10.1 Å². The summed E-state index contributed by atoms with van der Waals surface area (Å²) in [6.45, 7) is 0. The fraction of sp³-hybridized carbons (Fsp3) is 0.529. The zero-order valence-corrected chi connectivity index (χ0v) is 14.6. The molecule has 0 aromatic heterocycles. The van der Waals surface area contributed by atoms with Gasteiger partial charge in [-0.1, -0.05) is 24.6 Å². The largest absolute Gasteiger partial charge is 0.431 e. The monoisotopic (exact) mass is 374 g/mol. The maximum absolute atomic E-state index is 13.1. The SMILES string of the molecule is Cl.NC1=NC(CC2CC(C(F)(F)F)=NN2c2ccccc2)CCCC1. The van der Waals surface area contributed by atoms with Crippen LogP contribution in [0.5, 0.6) is 0 Å². The first-order valence-electron chi connectivity index (χ1n) is 8.24. The third-order valence-electron chi connectivity index (χ3n) is 4.46. The van der Waals surface area contributed by atoms with E-state index < -0.39 is 11.9 Å². The summed E-state index contributed by atoms with van der Waals surface area (Å²) in [6, 6.07) is 8.61. The molecule has 2 aliphatic rings. The van der Waals surface area contributed by atoms with E-state index in [1.54, 1.807) is 24.3 Å². The van der Waals surface area contributed by atoms with Gasteiger partial charge in [-0.15, -0.1) is 12.4 Å². The van der Waals surface area contributed by atoms with Gasteiger partial charge < -0.3 is 5.73 Å². The van der Waals surface area contributed by atoms with Crippen molar-refractivity contribution in [3.63, 3.8) is 0 Å². The molecule has 0 saturated heterocycles. The van der Waals surface area contributed by atoms with Crippen LogP contribution in [0, 0.1) is 0 Å². The van der Waals surface area contributed by atoms with Crippen LogP contribution < -0.4 is 10.7 Å². The van der Waals surface area contributed by atoms with Crippen molar-refractivity contribution >= 4 is 29.6 Å². The van der Waals surface area contributed by atoms with Gasteiger partial charge in [-0.25, -0.2) is 0 Å². The van der Waals surface area contributed by atoms with E-state index in [1.165, 1.54) is 5.01 Å². The molecular weight excluding hydrogens is 353 g/mol. The second-order valence-electron chi connectivity index (χ2n) is 6.34. The van der Waals surface area contributed by atoms with Gasteiger partial charge in [0.15, 0.2) is 0 Å². The molecule has 2 N–H and O–H groups in total. The number of nitrogens with two attached hydrogens (primary N) is 1. The van der Waals surface area contributed by atoms with Crippen LogP contribution in [0.3, 0.4) is 0 Å². The van der Waals surface area contributed by atoms with Crippen molar-refractivity contribution in [3.05, 3.63) is 30.3 Å². The molecule has 1 aromatic rings. The topological polar surface area (TPSA) is 54.0 Å². The summed E-state index contributed by atoms with van der Waals surface area (Å²) in [5.41, 5.74) is 5.82. The van der Waals surface area contributed by atoms with Gasteiger partial charge in [-0.3, -0.25) is 10.0 Å². The number of para-hydroxylation sites is 1. The minimum atomic E-state index is -4.40. The molecule has 25 heavy (non-hydrogen) atoms. The molecule has 8 heteroatoms. The minimum Gasteiger partial charge on any atom is -0.387 e. The smallest absolute Gasteiger partial charge is 0.387 e. The van der Waals surface area contributed by atoms with Gasteiger partial charge in [0.1, 0.15) is 5.71 Å². The third-order valence-corrected chi connectivity index (χ3v) is 4.46. The lowest BCUT2D eigenvalue weighted by Crippen LogP contribution is -2.31. The van der Waals surface area contributed by atoms with Crippen molar-refractivity contribution in [1.82, 2.24) is 0 Å². The van der Waals surface area contributed by atoms with Crippen molar-refractivity contribution < 1.29 is 13.2 Å². The molecule has 0 amide bonds. The number of aliphatic imine (C=N–C) groups is 1. The Morgan fingerprint density at radius 2 is 1.88 bits per heavy atom. The highest BCUT2D eigenvalue weighted by atomic mass is 35.5. The highest BCUT2D eigenvalue weighted by molar-refractivity contribution is 5.93. The van der Waals surface area contributed by atoms with Crippen LogP contribution in [0.25, 0.3) is 0 Å². The molecule has 0 aliphatic carbocycles. The van der Waals surface area contributed by atoms with Crippen LogP contribution in [-0.2, 0) is 0 Å². The van der Waals surface area contributed by atoms with Gasteiger partial charge in [-0.2, -0.15) is 18.3 Å². The average molecular weight is 375 g/mol. The van der Waals surface area contributed by atoms with Crippen molar-refractivity contribution in [1.29, 1.82) is 0 Å². The maximum Gasteiger partial charge on any atom is 0.431 e. The number of hydrogen-bond acceptors (Lipinski definition) is 4. The first kappa shape index (κ1) is 19.6. The number of nitrogens with zero attached hydrogens (tertiary/aromatic N) is 3. The highest BCUT2D eigenvalue weighted by Crippen LogP contribution is 2.34. The fourth-order valence-corrected chi connectivity index (χ4v) is 3.30. The number of alkyl halides is 3. The van der Waals surface area contributed by atoms with Crippen LogP contribution in [0.4, 0.5) is 18.9 Å². The summed E-state index contributed by atoms with van der Waals surface area (Å²) >= 11 is 0. The van der Waals surface area contributed by atoms with Gasteiger partial charge in [0.2, 0.25) is 0 Å². The molecule has 0 saturated carbocycles. The molecule has 0 bridgehead atoms. The Kier molecular flexibility index (Phi) is 6.32. The van der Waals surface area contributed by atoms with E-state index in [9.17, 15) is 13.2 Å². The molecular formula is C17H22ClF3N4. The first-order chi connectivity index (χ1) is 11.4. The van der Waals surface area contributed by atoms with E-state index in [1.807, 2.05) is 6.07 Å². The molecule has 0 fully saturated rings. The Balaban J connectivity index is 0.00000225. The minimum absolute atomic E-state index is 0. The zero-order valence-electron chi connectivity index (χ0n) is 13.7. The van der Waals surface area contributed by atoms with Crippen molar-refractivity contribution in [2.45, 2.75) is 56.8 Å². The van der Waals surface area contributed by atoms with Crippen molar-refractivity contribution in [2.24, 2.45) is 15.8 Å². The molecule has 2 unspecified atom stereocenters. The molecule has 2 aliphatic heterocycles. The number of hydrogen-bond donors (Lipinski definition) is 1. The Hall–Kier alpha value is -1.76. The normalized spacial score (nSPS) is 24.2. The highest BCUT2D eigenvalue weighted by Gasteiger charge is 2.43. The second-order valence-corrected chi connectivity index (χ2v) is 6.34. The molecule has 4 nitrogen and oxygen atoms in total. The predicted molar refractivity (Wildman–Crippen MR) is 96.6 cm³/mol. The van der Waals surface area contributed by atoms with Gasteiger partial charge in [0.25, 0.3) is 0 Å². The number of halogens is 4. The fourth-order valence-electron chi connectivity index (χ4n) is 3.30. The Bertz CT molecular complexity index is 631. The number of anilines is 1. The number of rotatable bonds is 3. The molecule has 0 radical (unpaired) electrons. The van der Waals surface area contributed by atoms with Gasteiger partial charge in [0, 0.05) is 12.8 Å². The van der Waals surface area contributed by atoms with Crippen LogP contribution in [0.15, 0.2) is 40.4 Å². The third kappa shape index (κ3) is 4.87. The van der Waals surface area contributed by atoms with Crippen molar-refractivity contribution in [3.8, 4) is 0 Å². The van der Waals surface area contributed by atoms with Gasteiger partial charge >= 0.3 is 6.18 Å². The Labute approximate surface area is 151 Å². The lowest BCUT2D eigenvalue weighted by Gasteiger charge is -2.26. The average Bonchev–Trinajstić information content (AvgIpc) is 2.85. The molecule has 3 rings (SSSR count). The Morgan fingerprint density at radius 3 is 2.56 bits per heavy atom. The number of amidine groups is 1. The lowest BCUT2D eigenvalue weighted by molar-refractivity contribution is -0.0600. The summed E-state index contributed by atoms with van der Waals surface area (Å²) in [6.07, 6.45) is -0.352. The summed E-state index contributed by atoms with van der Waals surface area (Å²) in [5, 5.41) is 5.36. The standard InChI is InChI=1S/C17H21F3N4.ClH/c18-17(19,20)15-11-14(10-12-6-4-5-9-16(21)22-12)24(23-15)13-7-2-1-3-8-13;/h1-3,7-8,12,14H,4-6,9-11H2,(H2,21,22);1H. The van der Waals surface area contributed by atoms with E-state index in [0.29, 0.717) is 17.9 Å². The van der Waals surface area contributed by atoms with Crippen molar-refractivity contribution in [2.75, 3.05) is 5.01 Å². The summed E-state index contributed by atoms with van der Waals surface area (Å²) in [7, 11) is 0. The molecule has 2 heterocycles. The molecule has 2 atom stereocenters. The van der Waals surface area contributed by atoms with E-state index in [-0.39, 0.29) is 30.9 Å². The zero-order chi connectivity index (χ0) is 17.2. The predicted octanol–water partition coefficient (Wildman–Crippen LogP) is 4.30. The first-order valence-corrected chi connectivity index (χ1v) is 8.24. The van der Waals surface area contributed by atoms with Gasteiger partial charge in [-0.05, 0) is 31.4 Å². The van der Waals surface area contributed by atoms with E-state index in [4.69, 9.17) is 5.73 Å². The summed E-state index contributed by atoms with van der Waals surface area (Å²) in [5.74, 6) is 0.610. The maximum atomic E-state index is 13.1. The number of hydrazone groups is 1.